The number of rotatable bonds is 1. The van der Waals surface area contributed by atoms with Crippen molar-refractivity contribution in [1.82, 2.24) is 0 Å². The van der Waals surface area contributed by atoms with Gasteiger partial charge in [0.25, 0.3) is 0 Å². The first-order chi connectivity index (χ1) is 4.74. The molecular weight excluding hydrogens is 237 g/mol. The molecule has 0 aliphatic heterocycles. The van der Waals surface area contributed by atoms with Crippen LogP contribution < -0.4 is 5.32 Å². The van der Waals surface area contributed by atoms with E-state index in [-0.39, 0.29) is 0 Å². The summed E-state index contributed by atoms with van der Waals surface area (Å²) in [6, 6.07) is 6.36. The van der Waals surface area contributed by atoms with Crippen molar-refractivity contribution in [3.8, 4) is 0 Å². The van der Waals surface area contributed by atoms with Crippen LogP contribution in [-0.2, 0) is 0 Å². The molecule has 1 nitrogen and oxygen atoms in total. The third-order valence-electron chi connectivity index (χ3n) is 1.47. The zero-order valence-corrected chi connectivity index (χ0v) is 8.27. The second-order valence-electron chi connectivity index (χ2n) is 2.21. The number of hydrogen-bond acceptors (Lipinski definition) is 1. The van der Waals surface area contributed by atoms with Crippen LogP contribution in [0.5, 0.6) is 0 Å². The fourth-order valence-corrected chi connectivity index (χ4v) is 1.35. The van der Waals surface area contributed by atoms with E-state index in [4.69, 9.17) is 0 Å². The minimum atomic E-state index is 1.21. The van der Waals surface area contributed by atoms with Crippen LogP contribution in [0.3, 0.4) is 0 Å². The molecule has 0 atom stereocenters. The van der Waals surface area contributed by atoms with Crippen molar-refractivity contribution in [3.05, 3.63) is 27.3 Å². The minimum absolute atomic E-state index is 1.21. The maximum Gasteiger partial charge on any atom is 0.0377 e. The van der Waals surface area contributed by atoms with Gasteiger partial charge in [0.2, 0.25) is 0 Å². The first-order valence-electron chi connectivity index (χ1n) is 3.18. The van der Waals surface area contributed by atoms with Crippen molar-refractivity contribution in [1.29, 1.82) is 0 Å². The van der Waals surface area contributed by atoms with Gasteiger partial charge in [-0.3, -0.25) is 0 Å². The van der Waals surface area contributed by atoms with Crippen LogP contribution in [0.25, 0.3) is 0 Å². The molecule has 10 heavy (non-hydrogen) atoms. The van der Waals surface area contributed by atoms with Crippen molar-refractivity contribution in [2.45, 2.75) is 6.92 Å². The van der Waals surface area contributed by atoms with Gasteiger partial charge in [0.1, 0.15) is 0 Å². The Kier molecular flexibility index (Phi) is 2.54. The predicted octanol–water partition coefficient (Wildman–Crippen LogP) is 2.64. The lowest BCUT2D eigenvalue weighted by Gasteiger charge is -2.03. The lowest BCUT2D eigenvalue weighted by molar-refractivity contribution is 1.39. The molecule has 0 unspecified atom stereocenters. The Morgan fingerprint density at radius 3 is 2.60 bits per heavy atom. The molecule has 1 aromatic carbocycles. The largest absolute Gasteiger partial charge is 0.388 e. The Hall–Kier alpha value is -0.250. The maximum absolute atomic E-state index is 3.13. The summed E-state index contributed by atoms with van der Waals surface area (Å²) in [6.45, 7) is 2.10. The van der Waals surface area contributed by atoms with E-state index in [1.165, 1.54) is 14.8 Å². The molecule has 0 saturated carbocycles. The highest BCUT2D eigenvalue weighted by Crippen LogP contribution is 2.16. The normalized spacial score (nSPS) is 9.50. The Morgan fingerprint density at radius 1 is 1.40 bits per heavy atom. The summed E-state index contributed by atoms with van der Waals surface area (Å²) in [5.41, 5.74) is 2.51. The number of aryl methyl sites for hydroxylation is 1. The smallest absolute Gasteiger partial charge is 0.0377 e. The van der Waals surface area contributed by atoms with Crippen LogP contribution in [0, 0.1) is 10.5 Å². The van der Waals surface area contributed by atoms with Crippen molar-refractivity contribution in [2.75, 3.05) is 12.4 Å². The van der Waals surface area contributed by atoms with E-state index in [0.717, 1.165) is 0 Å². The first-order valence-corrected chi connectivity index (χ1v) is 4.26. The van der Waals surface area contributed by atoms with Crippen molar-refractivity contribution in [3.63, 3.8) is 0 Å². The monoisotopic (exact) mass is 247 g/mol. The highest BCUT2D eigenvalue weighted by molar-refractivity contribution is 14.1. The molecule has 0 saturated heterocycles. The molecule has 0 fully saturated rings. The molecule has 0 bridgehead atoms. The molecule has 1 aromatic rings. The van der Waals surface area contributed by atoms with Crippen molar-refractivity contribution in [2.24, 2.45) is 0 Å². The van der Waals surface area contributed by atoms with Crippen LogP contribution >= 0.6 is 22.6 Å². The van der Waals surface area contributed by atoms with E-state index in [0.29, 0.717) is 0 Å². The molecule has 0 radical (unpaired) electrons. The molecule has 2 heteroatoms. The first kappa shape index (κ1) is 7.85. The van der Waals surface area contributed by atoms with Gasteiger partial charge in [0, 0.05) is 16.3 Å². The van der Waals surface area contributed by atoms with Crippen molar-refractivity contribution >= 4 is 28.3 Å². The summed E-state index contributed by atoms with van der Waals surface area (Å²) < 4.78 is 1.27. The van der Waals surface area contributed by atoms with Gasteiger partial charge in [-0.25, -0.2) is 0 Å². The summed E-state index contributed by atoms with van der Waals surface area (Å²) in [5.74, 6) is 0. The van der Waals surface area contributed by atoms with Gasteiger partial charge in [-0.15, -0.1) is 0 Å². The number of nitrogens with one attached hydrogen (secondary N) is 1. The highest BCUT2D eigenvalue weighted by atomic mass is 127. The topological polar surface area (TPSA) is 12.0 Å². The Balaban J connectivity index is 3.09. The van der Waals surface area contributed by atoms with E-state index >= 15 is 0 Å². The zero-order valence-electron chi connectivity index (χ0n) is 6.11. The average molecular weight is 247 g/mol. The molecular formula is C8H10IN. The third-order valence-corrected chi connectivity index (χ3v) is 2.14. The fraction of sp³-hybridized carbons (Fsp3) is 0.250. The van der Waals surface area contributed by atoms with Gasteiger partial charge in [-0.1, -0.05) is 6.07 Å². The molecule has 1 N–H and O–H groups in total. The quantitative estimate of drug-likeness (QED) is 0.752. The number of halogens is 1. The van der Waals surface area contributed by atoms with Crippen LogP contribution in [0.4, 0.5) is 5.69 Å². The van der Waals surface area contributed by atoms with E-state index in [1.54, 1.807) is 0 Å². The summed E-state index contributed by atoms with van der Waals surface area (Å²) in [7, 11) is 1.94. The Labute approximate surface area is 75.0 Å². The summed E-state index contributed by atoms with van der Waals surface area (Å²) >= 11 is 2.31. The Bertz CT molecular complexity index is 233. The van der Waals surface area contributed by atoms with Crippen LogP contribution in [0.1, 0.15) is 5.56 Å². The van der Waals surface area contributed by atoms with Gasteiger partial charge in [0.15, 0.2) is 0 Å². The zero-order chi connectivity index (χ0) is 7.56. The molecule has 0 aliphatic rings. The number of benzene rings is 1. The molecule has 0 aromatic heterocycles. The van der Waals surface area contributed by atoms with Gasteiger partial charge >= 0.3 is 0 Å². The fourth-order valence-electron chi connectivity index (χ4n) is 0.864. The van der Waals surface area contributed by atoms with E-state index < -0.39 is 0 Å². The standard InChI is InChI=1S/C8H10IN/c1-6-3-4-7(9)5-8(6)10-2/h3-5,10H,1-2H3. The lowest BCUT2D eigenvalue weighted by Crippen LogP contribution is -1.91. The van der Waals surface area contributed by atoms with E-state index in [9.17, 15) is 0 Å². The van der Waals surface area contributed by atoms with Gasteiger partial charge < -0.3 is 5.32 Å². The second kappa shape index (κ2) is 3.23. The molecule has 0 heterocycles. The lowest BCUT2D eigenvalue weighted by atomic mass is 10.2. The summed E-state index contributed by atoms with van der Waals surface area (Å²) in [5, 5.41) is 3.13. The summed E-state index contributed by atoms with van der Waals surface area (Å²) in [6.07, 6.45) is 0. The number of anilines is 1. The van der Waals surface area contributed by atoms with Crippen LogP contribution in [-0.4, -0.2) is 7.05 Å². The van der Waals surface area contributed by atoms with Gasteiger partial charge in [-0.2, -0.15) is 0 Å². The van der Waals surface area contributed by atoms with E-state index in [1.807, 2.05) is 7.05 Å². The molecule has 1 rings (SSSR count). The van der Waals surface area contributed by atoms with Gasteiger partial charge in [0.05, 0.1) is 0 Å². The maximum atomic E-state index is 3.13. The molecule has 54 valence electrons. The average Bonchev–Trinajstić information content (AvgIpc) is 1.94. The van der Waals surface area contributed by atoms with E-state index in [2.05, 4.69) is 53.0 Å². The molecule has 0 aliphatic carbocycles. The highest BCUT2D eigenvalue weighted by Gasteiger charge is 1.93. The molecule has 0 amide bonds. The third kappa shape index (κ3) is 1.62. The second-order valence-corrected chi connectivity index (χ2v) is 3.45. The Morgan fingerprint density at radius 2 is 2.10 bits per heavy atom. The van der Waals surface area contributed by atoms with Crippen LogP contribution in [0.15, 0.2) is 18.2 Å². The van der Waals surface area contributed by atoms with Gasteiger partial charge in [-0.05, 0) is 47.2 Å². The van der Waals surface area contributed by atoms with Crippen LogP contribution in [0.2, 0.25) is 0 Å². The SMILES string of the molecule is CNc1cc(I)ccc1C. The number of hydrogen-bond donors (Lipinski definition) is 1. The predicted molar refractivity (Wildman–Crippen MR) is 53.4 cm³/mol. The minimum Gasteiger partial charge on any atom is -0.388 e. The van der Waals surface area contributed by atoms with Crippen molar-refractivity contribution < 1.29 is 0 Å². The molecule has 0 spiro atoms. The summed E-state index contributed by atoms with van der Waals surface area (Å²) in [4.78, 5) is 0.